The van der Waals surface area contributed by atoms with Crippen molar-refractivity contribution in [1.29, 1.82) is 0 Å². The predicted octanol–water partition coefficient (Wildman–Crippen LogP) is 1.72. The number of sulfonamides is 1. The van der Waals surface area contributed by atoms with Gasteiger partial charge in [0.15, 0.2) is 0 Å². The molecule has 150 valence electrons. The van der Waals surface area contributed by atoms with E-state index >= 15 is 0 Å². The van der Waals surface area contributed by atoms with Crippen molar-refractivity contribution in [3.8, 4) is 5.75 Å². The summed E-state index contributed by atoms with van der Waals surface area (Å²) in [6, 6.07) is 12.9. The molecule has 0 heterocycles. The average molecular weight is 406 g/mol. The molecule has 9 heteroatoms. The van der Waals surface area contributed by atoms with Gasteiger partial charge in [-0.1, -0.05) is 12.1 Å². The molecule has 2 N–H and O–H groups in total. The number of ether oxygens (including phenoxy) is 2. The van der Waals surface area contributed by atoms with Crippen LogP contribution in [0.1, 0.15) is 12.5 Å². The van der Waals surface area contributed by atoms with Gasteiger partial charge < -0.3 is 14.8 Å². The number of carbonyl (C=O) groups excluding carboxylic acids is 2. The number of hydrogen-bond acceptors (Lipinski definition) is 6. The van der Waals surface area contributed by atoms with E-state index in [1.165, 1.54) is 31.2 Å². The number of benzene rings is 2. The number of rotatable bonds is 9. The van der Waals surface area contributed by atoms with Crippen molar-refractivity contribution in [3.05, 3.63) is 54.1 Å². The maximum Gasteiger partial charge on any atom is 0.321 e. The van der Waals surface area contributed by atoms with E-state index in [4.69, 9.17) is 9.47 Å². The molecule has 8 nitrogen and oxygen atoms in total. The molecule has 2 rings (SSSR count). The van der Waals surface area contributed by atoms with Gasteiger partial charge >= 0.3 is 5.97 Å². The van der Waals surface area contributed by atoms with Crippen LogP contribution in [-0.2, 0) is 30.8 Å². The van der Waals surface area contributed by atoms with Crippen LogP contribution in [0.25, 0.3) is 0 Å². The van der Waals surface area contributed by atoms with Crippen molar-refractivity contribution in [3.63, 3.8) is 0 Å². The highest BCUT2D eigenvalue weighted by molar-refractivity contribution is 7.89. The van der Waals surface area contributed by atoms with E-state index < -0.39 is 22.5 Å². The smallest absolute Gasteiger partial charge is 0.321 e. The Morgan fingerprint density at radius 3 is 2.21 bits per heavy atom. The summed E-state index contributed by atoms with van der Waals surface area (Å²) in [5.74, 6) is -0.196. The summed E-state index contributed by atoms with van der Waals surface area (Å²) < 4.78 is 36.7. The van der Waals surface area contributed by atoms with E-state index in [9.17, 15) is 18.0 Å². The standard InChI is InChI=1S/C19H22N2O6S/c1-14(22)21-16-5-9-18(10-6-16)28(24,25)20-13-19(23)27-12-11-15-3-7-17(26-2)8-4-15/h3-10,20H,11-13H2,1-2H3,(H,21,22). The second kappa shape index (κ2) is 9.86. The minimum Gasteiger partial charge on any atom is -0.497 e. The molecule has 0 aliphatic carbocycles. The van der Waals surface area contributed by atoms with Crippen molar-refractivity contribution in [1.82, 2.24) is 4.72 Å². The molecule has 0 radical (unpaired) electrons. The Morgan fingerprint density at radius 2 is 1.64 bits per heavy atom. The lowest BCUT2D eigenvalue weighted by molar-refractivity contribution is -0.142. The van der Waals surface area contributed by atoms with Gasteiger partial charge in [0.2, 0.25) is 15.9 Å². The molecule has 0 spiro atoms. The van der Waals surface area contributed by atoms with E-state index in [1.807, 2.05) is 24.3 Å². The van der Waals surface area contributed by atoms with Gasteiger partial charge in [-0.05, 0) is 42.0 Å². The van der Waals surface area contributed by atoms with Crippen molar-refractivity contribution >= 4 is 27.6 Å². The minimum atomic E-state index is -3.86. The number of hydrogen-bond donors (Lipinski definition) is 2. The molecule has 0 saturated carbocycles. The van der Waals surface area contributed by atoms with Crippen molar-refractivity contribution in [2.75, 3.05) is 25.6 Å². The average Bonchev–Trinajstić information content (AvgIpc) is 2.67. The second-order valence-corrected chi connectivity index (χ2v) is 7.62. The normalized spacial score (nSPS) is 10.9. The number of esters is 1. The summed E-state index contributed by atoms with van der Waals surface area (Å²) in [6.07, 6.45) is 0.507. The zero-order valence-electron chi connectivity index (χ0n) is 15.6. The molecule has 2 aromatic rings. The summed E-state index contributed by atoms with van der Waals surface area (Å²) in [6.45, 7) is 1.02. The van der Waals surface area contributed by atoms with E-state index in [1.54, 1.807) is 7.11 Å². The summed E-state index contributed by atoms with van der Waals surface area (Å²) in [4.78, 5) is 22.7. The van der Waals surface area contributed by atoms with Crippen molar-refractivity contribution < 1.29 is 27.5 Å². The molecule has 0 aliphatic rings. The van der Waals surface area contributed by atoms with E-state index in [0.29, 0.717) is 12.1 Å². The topological polar surface area (TPSA) is 111 Å². The van der Waals surface area contributed by atoms with E-state index in [0.717, 1.165) is 11.3 Å². The molecule has 0 unspecified atom stereocenters. The van der Waals surface area contributed by atoms with Gasteiger partial charge in [-0.2, -0.15) is 4.72 Å². The fourth-order valence-electron chi connectivity index (χ4n) is 2.28. The van der Waals surface area contributed by atoms with E-state index in [2.05, 4.69) is 10.0 Å². The molecular formula is C19H22N2O6S. The van der Waals surface area contributed by atoms with Crippen molar-refractivity contribution in [2.45, 2.75) is 18.2 Å². The number of amides is 1. The highest BCUT2D eigenvalue weighted by Crippen LogP contribution is 2.14. The number of anilines is 1. The molecule has 0 saturated heterocycles. The Bertz CT molecular complexity index is 908. The summed E-state index contributed by atoms with van der Waals surface area (Å²) >= 11 is 0. The molecule has 2 aromatic carbocycles. The van der Waals surface area contributed by atoms with Crippen molar-refractivity contribution in [2.24, 2.45) is 0 Å². The van der Waals surface area contributed by atoms with Gasteiger partial charge in [0, 0.05) is 19.0 Å². The quantitative estimate of drug-likeness (QED) is 0.614. The third-order valence-corrected chi connectivity index (χ3v) is 5.12. The highest BCUT2D eigenvalue weighted by atomic mass is 32.2. The molecule has 0 aliphatic heterocycles. The Kier molecular flexibility index (Phi) is 7.53. The Hall–Kier alpha value is -2.91. The number of carbonyl (C=O) groups is 2. The van der Waals surface area contributed by atoms with Crippen LogP contribution in [0.4, 0.5) is 5.69 Å². The molecular weight excluding hydrogens is 384 g/mol. The predicted molar refractivity (Wildman–Crippen MR) is 104 cm³/mol. The maximum atomic E-state index is 12.2. The molecule has 0 bridgehead atoms. The van der Waals surface area contributed by atoms with Gasteiger partial charge in [0.25, 0.3) is 0 Å². The number of nitrogens with one attached hydrogen (secondary N) is 2. The van der Waals surface area contributed by atoms with Crippen LogP contribution in [0, 0.1) is 0 Å². The summed E-state index contributed by atoms with van der Waals surface area (Å²) in [5, 5.41) is 2.54. The molecule has 0 aromatic heterocycles. The summed E-state index contributed by atoms with van der Waals surface area (Å²) in [7, 11) is -2.28. The maximum absolute atomic E-state index is 12.2. The molecule has 0 atom stereocenters. The SMILES string of the molecule is COc1ccc(CCOC(=O)CNS(=O)(=O)c2ccc(NC(C)=O)cc2)cc1. The van der Waals surface area contributed by atoms with Gasteiger partial charge in [0.05, 0.1) is 18.6 Å². The zero-order chi connectivity index (χ0) is 20.6. The Labute approximate surface area is 163 Å². The first-order valence-electron chi connectivity index (χ1n) is 8.46. The third kappa shape index (κ3) is 6.67. The van der Waals surface area contributed by atoms with Gasteiger partial charge in [-0.25, -0.2) is 8.42 Å². The molecule has 28 heavy (non-hydrogen) atoms. The fraction of sp³-hybridized carbons (Fsp3) is 0.263. The van der Waals surface area contributed by atoms with Crippen LogP contribution in [0.2, 0.25) is 0 Å². The monoisotopic (exact) mass is 406 g/mol. The fourth-order valence-corrected chi connectivity index (χ4v) is 3.25. The van der Waals surface area contributed by atoms with Crippen LogP contribution in [0.15, 0.2) is 53.4 Å². The minimum absolute atomic E-state index is 0.0207. The first-order valence-corrected chi connectivity index (χ1v) is 9.94. The first-order chi connectivity index (χ1) is 13.3. The van der Waals surface area contributed by atoms with Crippen LogP contribution < -0.4 is 14.8 Å². The molecule has 1 amide bonds. The highest BCUT2D eigenvalue weighted by Gasteiger charge is 2.16. The van der Waals surface area contributed by atoms with Crippen LogP contribution >= 0.6 is 0 Å². The lowest BCUT2D eigenvalue weighted by atomic mass is 10.1. The number of methoxy groups -OCH3 is 1. The summed E-state index contributed by atoms with van der Waals surface area (Å²) in [5.41, 5.74) is 1.44. The van der Waals surface area contributed by atoms with Gasteiger partial charge in [-0.3, -0.25) is 9.59 Å². The largest absolute Gasteiger partial charge is 0.497 e. The lowest BCUT2D eigenvalue weighted by Crippen LogP contribution is -2.31. The third-order valence-electron chi connectivity index (χ3n) is 3.70. The molecule has 0 fully saturated rings. The van der Waals surface area contributed by atoms with E-state index in [-0.39, 0.29) is 17.4 Å². The Morgan fingerprint density at radius 1 is 1.00 bits per heavy atom. The first kappa shape index (κ1) is 21.4. The van der Waals surface area contributed by atoms with Gasteiger partial charge in [-0.15, -0.1) is 0 Å². The lowest BCUT2D eigenvalue weighted by Gasteiger charge is -2.09. The zero-order valence-corrected chi connectivity index (χ0v) is 16.4. The Balaban J connectivity index is 1.79. The van der Waals surface area contributed by atoms with Gasteiger partial charge in [0.1, 0.15) is 12.3 Å². The van der Waals surface area contributed by atoms with Crippen LogP contribution in [-0.4, -0.2) is 40.6 Å². The van der Waals surface area contributed by atoms with Crippen LogP contribution in [0.3, 0.4) is 0 Å². The second-order valence-electron chi connectivity index (χ2n) is 5.85. The van der Waals surface area contributed by atoms with Crippen LogP contribution in [0.5, 0.6) is 5.75 Å².